The zero-order valence-corrected chi connectivity index (χ0v) is 19.5. The van der Waals surface area contributed by atoms with Crippen molar-refractivity contribution in [2.75, 3.05) is 11.1 Å². The number of aryl methyl sites for hydroxylation is 1. The molecule has 0 radical (unpaired) electrons. The van der Waals surface area contributed by atoms with E-state index in [2.05, 4.69) is 15.3 Å². The molecule has 4 aromatic rings. The largest absolute Gasteiger partial charge is 0.325 e. The van der Waals surface area contributed by atoms with E-state index in [1.165, 1.54) is 42.1 Å². The minimum Gasteiger partial charge on any atom is -0.325 e. The molecule has 1 aromatic heterocycles. The molecule has 0 aliphatic heterocycles. The van der Waals surface area contributed by atoms with E-state index in [1.807, 2.05) is 25.1 Å². The minimum atomic E-state index is -0.609. The van der Waals surface area contributed by atoms with Crippen molar-refractivity contribution >= 4 is 51.5 Å². The van der Waals surface area contributed by atoms with Crippen LogP contribution in [0.25, 0.3) is 22.3 Å². The second-order valence-electron chi connectivity index (χ2n) is 7.32. The molecule has 34 heavy (non-hydrogen) atoms. The van der Waals surface area contributed by atoms with E-state index in [0.717, 1.165) is 17.4 Å². The molecule has 0 aliphatic rings. The van der Waals surface area contributed by atoms with Crippen molar-refractivity contribution < 1.29 is 14.1 Å². The minimum absolute atomic E-state index is 0.00937. The number of aromatic nitrogens is 2. The fraction of sp³-hybridized carbons (Fsp3) is 0.125. The van der Waals surface area contributed by atoms with E-state index in [4.69, 9.17) is 11.6 Å². The summed E-state index contributed by atoms with van der Waals surface area (Å²) < 4.78 is 13.4. The fourth-order valence-electron chi connectivity index (χ4n) is 3.27. The highest BCUT2D eigenvalue weighted by atomic mass is 35.5. The van der Waals surface area contributed by atoms with Crippen LogP contribution in [0, 0.1) is 15.9 Å². The number of nitrogens with zero attached hydrogens (tertiary/aromatic N) is 3. The Bertz CT molecular complexity index is 1400. The molecule has 0 spiro atoms. The highest BCUT2D eigenvalue weighted by Crippen LogP contribution is 2.31. The lowest BCUT2D eigenvalue weighted by Crippen LogP contribution is -2.14. The third-order valence-electron chi connectivity index (χ3n) is 5.00. The second kappa shape index (κ2) is 10.1. The zero-order chi connectivity index (χ0) is 24.2. The Morgan fingerprint density at radius 3 is 2.59 bits per heavy atom. The number of nitrogens with one attached hydrogen (secondary N) is 1. The van der Waals surface area contributed by atoms with Gasteiger partial charge in [-0.25, -0.2) is 14.4 Å². The maximum Gasteiger partial charge on any atom is 0.289 e. The van der Waals surface area contributed by atoms with Gasteiger partial charge in [-0.2, -0.15) is 0 Å². The lowest BCUT2D eigenvalue weighted by atomic mass is 10.1. The monoisotopic (exact) mass is 496 g/mol. The summed E-state index contributed by atoms with van der Waals surface area (Å²) in [4.78, 5) is 32.3. The molecule has 1 N–H and O–H groups in total. The Hall–Kier alpha value is -3.56. The van der Waals surface area contributed by atoms with Crippen LogP contribution in [0.3, 0.4) is 0 Å². The number of rotatable bonds is 7. The Labute approximate surface area is 203 Å². The normalized spacial score (nSPS) is 10.9. The summed E-state index contributed by atoms with van der Waals surface area (Å²) in [5, 5.41) is 15.1. The Morgan fingerprint density at radius 2 is 1.88 bits per heavy atom. The number of nitro groups is 1. The van der Waals surface area contributed by atoms with Crippen molar-refractivity contribution in [3.8, 4) is 11.4 Å². The van der Waals surface area contributed by atoms with Gasteiger partial charge in [0.15, 0.2) is 5.82 Å². The summed E-state index contributed by atoms with van der Waals surface area (Å²) in [6.07, 6.45) is 0.829. The van der Waals surface area contributed by atoms with E-state index >= 15 is 0 Å². The number of hydrogen-bond acceptors (Lipinski definition) is 6. The van der Waals surface area contributed by atoms with Crippen molar-refractivity contribution in [3.63, 3.8) is 0 Å². The van der Waals surface area contributed by atoms with E-state index in [0.29, 0.717) is 21.9 Å². The van der Waals surface area contributed by atoms with Gasteiger partial charge >= 0.3 is 0 Å². The maximum absolute atomic E-state index is 13.4. The molecule has 1 amide bonds. The summed E-state index contributed by atoms with van der Waals surface area (Å²) in [5.41, 5.74) is 2.45. The van der Waals surface area contributed by atoms with Gasteiger partial charge in [-0.15, -0.1) is 0 Å². The van der Waals surface area contributed by atoms with Crippen LogP contribution in [0.4, 0.5) is 15.8 Å². The van der Waals surface area contributed by atoms with E-state index < -0.39 is 4.92 Å². The van der Waals surface area contributed by atoms with Gasteiger partial charge in [0.2, 0.25) is 5.91 Å². The summed E-state index contributed by atoms with van der Waals surface area (Å²) in [5.74, 6) is -0.274. The van der Waals surface area contributed by atoms with Crippen molar-refractivity contribution in [3.05, 3.63) is 87.2 Å². The SMILES string of the molecule is CCc1ccc2nc(-c3ccc(F)cc3)nc(SCC(=O)Nc3ccc(Cl)c([N+](=O)[O-])c3)c2c1. The average molecular weight is 497 g/mol. The van der Waals surface area contributed by atoms with Crippen LogP contribution >= 0.6 is 23.4 Å². The smallest absolute Gasteiger partial charge is 0.289 e. The molecule has 7 nitrogen and oxygen atoms in total. The number of anilines is 1. The first-order valence-corrected chi connectivity index (χ1v) is 11.6. The van der Waals surface area contributed by atoms with Crippen molar-refractivity contribution in [2.45, 2.75) is 18.4 Å². The Morgan fingerprint density at radius 1 is 1.12 bits per heavy atom. The van der Waals surface area contributed by atoms with Crippen LogP contribution in [-0.2, 0) is 11.2 Å². The van der Waals surface area contributed by atoms with E-state index in [1.54, 1.807) is 12.1 Å². The van der Waals surface area contributed by atoms with Crippen LogP contribution in [0.5, 0.6) is 0 Å². The molecule has 0 fully saturated rings. The Balaban J connectivity index is 1.61. The van der Waals surface area contributed by atoms with Gasteiger partial charge in [-0.3, -0.25) is 14.9 Å². The van der Waals surface area contributed by atoms with Crippen molar-refractivity contribution in [2.24, 2.45) is 0 Å². The summed E-state index contributed by atoms with van der Waals surface area (Å²) in [6, 6.07) is 15.8. The predicted molar refractivity (Wildman–Crippen MR) is 132 cm³/mol. The molecular weight excluding hydrogens is 479 g/mol. The molecule has 0 unspecified atom stereocenters. The molecule has 0 aliphatic carbocycles. The quantitative estimate of drug-likeness (QED) is 0.140. The van der Waals surface area contributed by atoms with E-state index in [9.17, 15) is 19.3 Å². The van der Waals surface area contributed by atoms with Gasteiger partial charge in [0, 0.05) is 22.7 Å². The standard InChI is InChI=1S/C24H18ClFN4O3S/c1-2-14-3-10-20-18(11-14)24(29-23(28-20)15-4-6-16(26)7-5-15)34-13-22(31)27-17-8-9-19(25)21(12-17)30(32)33/h3-12H,2,13H2,1H3,(H,27,31). The first-order valence-electron chi connectivity index (χ1n) is 10.3. The van der Waals surface area contributed by atoms with E-state index in [-0.39, 0.29) is 33.9 Å². The number of amides is 1. The molecular formula is C24H18ClFN4O3S. The zero-order valence-electron chi connectivity index (χ0n) is 17.9. The Kier molecular flexibility index (Phi) is 7.04. The molecule has 172 valence electrons. The van der Waals surface area contributed by atoms with Gasteiger partial charge in [0.05, 0.1) is 16.2 Å². The third-order valence-corrected chi connectivity index (χ3v) is 6.31. The molecule has 0 saturated heterocycles. The molecule has 0 atom stereocenters. The number of fused-ring (bicyclic) bond motifs is 1. The predicted octanol–water partition coefficient (Wildman–Crippen LogP) is 6.29. The van der Waals surface area contributed by atoms with Gasteiger partial charge in [-0.1, -0.05) is 36.4 Å². The lowest BCUT2D eigenvalue weighted by Gasteiger charge is -2.10. The van der Waals surface area contributed by atoms with Crippen LogP contribution < -0.4 is 5.32 Å². The third kappa shape index (κ3) is 5.32. The first kappa shape index (κ1) is 23.6. The fourth-order valence-corrected chi connectivity index (χ4v) is 4.26. The van der Waals surface area contributed by atoms with Gasteiger partial charge in [0.1, 0.15) is 15.9 Å². The van der Waals surface area contributed by atoms with Crippen LogP contribution in [-0.4, -0.2) is 26.6 Å². The summed E-state index contributed by atoms with van der Waals surface area (Å²) >= 11 is 7.05. The van der Waals surface area contributed by atoms with Gasteiger partial charge in [-0.05, 0) is 60.5 Å². The highest BCUT2D eigenvalue weighted by molar-refractivity contribution is 8.00. The van der Waals surface area contributed by atoms with Crippen LogP contribution in [0.1, 0.15) is 12.5 Å². The maximum atomic E-state index is 13.4. The molecule has 4 rings (SSSR count). The first-order chi connectivity index (χ1) is 16.3. The van der Waals surface area contributed by atoms with Crippen LogP contribution in [0.2, 0.25) is 5.02 Å². The molecule has 0 saturated carbocycles. The number of carbonyl (C=O) groups excluding carboxylic acids is 1. The molecule has 10 heteroatoms. The second-order valence-corrected chi connectivity index (χ2v) is 8.70. The lowest BCUT2D eigenvalue weighted by molar-refractivity contribution is -0.384. The average Bonchev–Trinajstić information content (AvgIpc) is 2.83. The molecule has 0 bridgehead atoms. The van der Waals surface area contributed by atoms with Crippen molar-refractivity contribution in [1.82, 2.24) is 9.97 Å². The van der Waals surface area contributed by atoms with Crippen molar-refractivity contribution in [1.29, 1.82) is 0 Å². The number of halogens is 2. The number of benzene rings is 3. The van der Waals surface area contributed by atoms with Gasteiger partial charge in [0.25, 0.3) is 5.69 Å². The van der Waals surface area contributed by atoms with Gasteiger partial charge < -0.3 is 5.32 Å². The number of carbonyl (C=O) groups is 1. The van der Waals surface area contributed by atoms with Crippen LogP contribution in [0.15, 0.2) is 65.7 Å². The summed E-state index contributed by atoms with van der Waals surface area (Å²) in [6.45, 7) is 2.04. The topological polar surface area (TPSA) is 98.0 Å². The molecule has 1 heterocycles. The number of nitro benzene ring substituents is 1. The highest BCUT2D eigenvalue weighted by Gasteiger charge is 2.16. The number of hydrogen-bond donors (Lipinski definition) is 1. The summed E-state index contributed by atoms with van der Waals surface area (Å²) in [7, 11) is 0. The number of thioether (sulfide) groups is 1. The molecule has 3 aromatic carbocycles.